The Morgan fingerprint density at radius 2 is 0.875 bits per heavy atom. The number of benzene rings is 4. The Hall–Kier alpha value is -3.96. The minimum Gasteiger partial charge on any atom is -0.744 e. The summed E-state index contributed by atoms with van der Waals surface area (Å²) >= 11 is 0. The van der Waals surface area contributed by atoms with Gasteiger partial charge in [0.05, 0.1) is 9.79 Å². The van der Waals surface area contributed by atoms with Gasteiger partial charge in [-0.15, -0.1) is 0 Å². The summed E-state index contributed by atoms with van der Waals surface area (Å²) in [5.74, 6) is 0. The summed E-state index contributed by atoms with van der Waals surface area (Å²) < 4.78 is 67.3. The molecule has 0 radical (unpaired) electrons. The van der Waals surface area contributed by atoms with Crippen molar-refractivity contribution in [1.29, 1.82) is 0 Å². The number of likely N-dealkylation sites (N-methyl/N-ethyl adjacent to an activating group) is 2. The predicted molar refractivity (Wildman–Crippen MR) is 187 cm³/mol. The Kier molecular flexibility index (Phi) is 12.6. The van der Waals surface area contributed by atoms with Gasteiger partial charge in [0.15, 0.2) is 11.4 Å². The van der Waals surface area contributed by atoms with Crippen molar-refractivity contribution >= 4 is 31.7 Å². The van der Waals surface area contributed by atoms with Crippen LogP contribution in [0.1, 0.15) is 59.1 Å². The second kappa shape index (κ2) is 16.4. The number of rotatable bonds is 7. The lowest BCUT2D eigenvalue weighted by Gasteiger charge is -2.17. The van der Waals surface area contributed by atoms with E-state index in [1.807, 2.05) is 13.8 Å². The van der Waals surface area contributed by atoms with Crippen LogP contribution in [0.4, 0.5) is 0 Å². The van der Waals surface area contributed by atoms with Gasteiger partial charge in [-0.2, -0.15) is 0 Å². The van der Waals surface area contributed by atoms with E-state index in [1.165, 1.54) is 96.5 Å². The van der Waals surface area contributed by atoms with Crippen molar-refractivity contribution in [2.75, 3.05) is 27.2 Å². The van der Waals surface area contributed by atoms with Crippen LogP contribution in [0.2, 0.25) is 0 Å². The number of unbranched alkanes of at least 4 members (excludes halogenated alkanes) is 1. The fraction of sp³-hybridized carbons (Fsp3) is 0.316. The van der Waals surface area contributed by atoms with Gasteiger partial charge in [0.1, 0.15) is 47.4 Å². The third kappa shape index (κ3) is 10.3. The molecular weight excluding hydrogens is 645 g/mol. The highest BCUT2D eigenvalue weighted by atomic mass is 32.2. The van der Waals surface area contributed by atoms with Crippen molar-refractivity contribution in [3.05, 3.63) is 130 Å². The van der Waals surface area contributed by atoms with Crippen molar-refractivity contribution < 1.29 is 35.1 Å². The van der Waals surface area contributed by atoms with E-state index in [2.05, 4.69) is 71.8 Å². The lowest BCUT2D eigenvalue weighted by atomic mass is 9.91. The molecular formula is C38H44N2O6S2. The van der Waals surface area contributed by atoms with Gasteiger partial charge in [0, 0.05) is 36.8 Å². The lowest BCUT2D eigenvalue weighted by molar-refractivity contribution is -0.499. The first-order valence-corrected chi connectivity index (χ1v) is 18.9. The van der Waals surface area contributed by atoms with Crippen LogP contribution in [-0.2, 0) is 33.1 Å². The summed E-state index contributed by atoms with van der Waals surface area (Å²) in [5.41, 5.74) is 10.9. The topological polar surface area (TPSA) is 120 Å². The molecule has 0 saturated heterocycles. The van der Waals surface area contributed by atoms with Gasteiger partial charge in [-0.05, 0) is 74.2 Å². The molecule has 0 bridgehead atoms. The van der Waals surface area contributed by atoms with Crippen molar-refractivity contribution in [2.24, 2.45) is 0 Å². The molecule has 0 amide bonds. The van der Waals surface area contributed by atoms with Crippen molar-refractivity contribution in [3.8, 4) is 0 Å². The summed E-state index contributed by atoms with van der Waals surface area (Å²) in [6.07, 6.45) is 7.24. The average Bonchev–Trinajstić information content (AvgIpc) is 3.05. The maximum Gasteiger partial charge on any atom is 0.183 e. The average molecular weight is 689 g/mol. The second-order valence-corrected chi connectivity index (χ2v) is 15.1. The minimum atomic E-state index is -4.27. The monoisotopic (exact) mass is 688 g/mol. The van der Waals surface area contributed by atoms with Crippen LogP contribution in [0, 0.1) is 13.8 Å². The zero-order valence-electron chi connectivity index (χ0n) is 28.1. The van der Waals surface area contributed by atoms with Crippen molar-refractivity contribution in [3.63, 3.8) is 0 Å². The molecule has 2 aliphatic heterocycles. The maximum absolute atomic E-state index is 10.4. The molecule has 10 heteroatoms. The maximum atomic E-state index is 10.4. The fourth-order valence-electron chi connectivity index (χ4n) is 5.94. The molecule has 2 heterocycles. The van der Waals surface area contributed by atoms with Crippen molar-refractivity contribution in [2.45, 2.75) is 62.2 Å². The number of nitrogens with zero attached hydrogens (tertiary/aromatic N) is 2. The van der Waals surface area contributed by atoms with Crippen LogP contribution in [0.25, 0.3) is 0 Å². The molecule has 0 saturated carbocycles. The second-order valence-electron chi connectivity index (χ2n) is 12.3. The van der Waals surface area contributed by atoms with Gasteiger partial charge in [0.2, 0.25) is 0 Å². The fourth-order valence-corrected chi connectivity index (χ4v) is 6.88. The van der Waals surface area contributed by atoms with Crippen LogP contribution in [-0.4, -0.2) is 73.7 Å². The van der Waals surface area contributed by atoms with Gasteiger partial charge < -0.3 is 9.11 Å². The summed E-state index contributed by atoms with van der Waals surface area (Å²) in [6, 6.07) is 29.5. The smallest absolute Gasteiger partial charge is 0.183 e. The molecule has 0 spiro atoms. The Balaban J connectivity index is 0.000000195. The largest absolute Gasteiger partial charge is 0.744 e. The van der Waals surface area contributed by atoms with E-state index >= 15 is 0 Å². The highest BCUT2D eigenvalue weighted by Gasteiger charge is 2.24. The number of aryl methyl sites for hydroxylation is 2. The third-order valence-electron chi connectivity index (χ3n) is 8.71. The molecule has 4 aromatic carbocycles. The van der Waals surface area contributed by atoms with E-state index in [-0.39, 0.29) is 9.79 Å². The van der Waals surface area contributed by atoms with E-state index in [0.717, 1.165) is 24.2 Å². The molecule has 0 aromatic heterocycles. The van der Waals surface area contributed by atoms with Crippen LogP contribution in [0.5, 0.6) is 0 Å². The summed E-state index contributed by atoms with van der Waals surface area (Å²) in [5, 5.41) is 0. The van der Waals surface area contributed by atoms with Gasteiger partial charge in [-0.25, -0.2) is 26.0 Å². The zero-order chi connectivity index (χ0) is 34.9. The highest BCUT2D eigenvalue weighted by Crippen LogP contribution is 2.21. The third-order valence-corrected chi connectivity index (χ3v) is 10.4. The van der Waals surface area contributed by atoms with E-state index in [0.29, 0.717) is 0 Å². The molecule has 4 aromatic rings. The standard InChI is InChI=1S/C24H30N2.2C7H8O3S/c1-25-17-15-19-9-3-5-11-21(19)23(25)13-7-8-14-24-22-12-6-4-10-20(22)16-18-26(24)2;2*1-6-2-4-7(5-3-6)11(8,9)10/h3-6,9-12H,7-8,13-18H2,1-2H3;2*2-5H,1H3,(H,8,9,10)/q+2;;/p-2. The van der Waals surface area contributed by atoms with Gasteiger partial charge in [-0.1, -0.05) is 71.8 Å². The van der Waals surface area contributed by atoms with Gasteiger partial charge in [-0.3, -0.25) is 0 Å². The number of fused-ring (bicyclic) bond motifs is 2. The molecule has 0 aliphatic carbocycles. The SMILES string of the molecule is C[N+]1=C(CCCCC2=[N+](C)CCc3ccccc32)c2ccccc2CC1.Cc1ccc(S(=O)(=O)[O-])cc1.Cc1ccc(S(=O)(=O)[O-])cc1. The van der Waals surface area contributed by atoms with E-state index in [4.69, 9.17) is 0 Å². The van der Waals surface area contributed by atoms with E-state index < -0.39 is 20.2 Å². The first-order chi connectivity index (χ1) is 22.7. The van der Waals surface area contributed by atoms with Crippen molar-refractivity contribution in [1.82, 2.24) is 0 Å². The summed E-state index contributed by atoms with van der Waals surface area (Å²) in [7, 11) is -4.03. The Morgan fingerprint density at radius 3 is 1.21 bits per heavy atom. The van der Waals surface area contributed by atoms with Crippen LogP contribution < -0.4 is 0 Å². The van der Waals surface area contributed by atoms with E-state index in [1.54, 1.807) is 24.3 Å². The molecule has 0 fully saturated rings. The number of hydrogen-bond donors (Lipinski definition) is 0. The molecule has 0 atom stereocenters. The summed E-state index contributed by atoms with van der Waals surface area (Å²) in [4.78, 5) is -0.355. The summed E-state index contributed by atoms with van der Waals surface area (Å²) in [6.45, 7) is 5.95. The zero-order valence-corrected chi connectivity index (χ0v) is 29.7. The van der Waals surface area contributed by atoms with Gasteiger partial charge >= 0.3 is 0 Å². The first-order valence-electron chi connectivity index (χ1n) is 16.1. The van der Waals surface area contributed by atoms with E-state index in [9.17, 15) is 25.9 Å². The molecule has 254 valence electrons. The van der Waals surface area contributed by atoms with Gasteiger partial charge in [0.25, 0.3) is 0 Å². The molecule has 48 heavy (non-hydrogen) atoms. The highest BCUT2D eigenvalue weighted by molar-refractivity contribution is 7.86. The minimum absolute atomic E-state index is 0.178. The lowest BCUT2D eigenvalue weighted by Crippen LogP contribution is -2.28. The van der Waals surface area contributed by atoms with Crippen LogP contribution in [0.3, 0.4) is 0 Å². The van der Waals surface area contributed by atoms with Crippen LogP contribution >= 0.6 is 0 Å². The predicted octanol–water partition coefficient (Wildman–Crippen LogP) is 5.72. The molecule has 2 aliphatic rings. The Bertz CT molecular complexity index is 1850. The first kappa shape index (κ1) is 36.9. The Labute approximate surface area is 285 Å². The molecule has 0 N–H and O–H groups in total. The normalized spacial score (nSPS) is 14.2. The molecule has 6 rings (SSSR count). The Morgan fingerprint density at radius 1 is 0.542 bits per heavy atom. The number of hydrogen-bond acceptors (Lipinski definition) is 6. The quantitative estimate of drug-likeness (QED) is 0.139. The molecule has 0 unspecified atom stereocenters. The van der Waals surface area contributed by atoms with Crippen LogP contribution in [0.15, 0.2) is 107 Å². The molecule has 8 nitrogen and oxygen atoms in total.